The molecule has 2 N–H and O–H groups in total. The quantitative estimate of drug-likeness (QED) is 0.896. The van der Waals surface area contributed by atoms with E-state index >= 15 is 0 Å². The number of benzene rings is 1. The van der Waals surface area contributed by atoms with Gasteiger partial charge in [0.15, 0.2) is 0 Å². The highest BCUT2D eigenvalue weighted by atomic mass is 16.2. The fourth-order valence-corrected chi connectivity index (χ4v) is 1.77. The lowest BCUT2D eigenvalue weighted by molar-refractivity contribution is -0.131. The number of nitriles is 1. The molecule has 0 saturated heterocycles. The van der Waals surface area contributed by atoms with Crippen LogP contribution in [0.5, 0.6) is 0 Å². The van der Waals surface area contributed by atoms with Gasteiger partial charge >= 0.3 is 0 Å². The summed E-state index contributed by atoms with van der Waals surface area (Å²) in [5, 5.41) is 12.7. The van der Waals surface area contributed by atoms with Crippen LogP contribution < -0.4 is 5.73 Å². The predicted octanol–water partition coefficient (Wildman–Crippen LogP) is 0.996. The van der Waals surface area contributed by atoms with Crippen molar-refractivity contribution in [1.82, 2.24) is 14.7 Å². The predicted molar refractivity (Wildman–Crippen MR) is 74.3 cm³/mol. The summed E-state index contributed by atoms with van der Waals surface area (Å²) < 4.78 is 1.51. The summed E-state index contributed by atoms with van der Waals surface area (Å²) in [5.41, 5.74) is 7.08. The Balaban J connectivity index is 1.95. The van der Waals surface area contributed by atoms with E-state index in [9.17, 15) is 4.79 Å². The van der Waals surface area contributed by atoms with E-state index in [2.05, 4.69) is 11.2 Å². The van der Waals surface area contributed by atoms with E-state index in [4.69, 9.17) is 11.0 Å². The van der Waals surface area contributed by atoms with Gasteiger partial charge in [0.1, 0.15) is 12.4 Å². The minimum atomic E-state index is -0.0579. The van der Waals surface area contributed by atoms with Crippen molar-refractivity contribution in [3.63, 3.8) is 0 Å². The lowest BCUT2D eigenvalue weighted by Gasteiger charge is -2.17. The first-order chi connectivity index (χ1) is 9.58. The molecule has 0 aliphatic carbocycles. The van der Waals surface area contributed by atoms with Crippen LogP contribution in [0.3, 0.4) is 0 Å². The number of anilines is 1. The molecule has 1 heterocycles. The third-order valence-corrected chi connectivity index (χ3v) is 2.89. The van der Waals surface area contributed by atoms with Crippen molar-refractivity contribution >= 4 is 11.7 Å². The van der Waals surface area contributed by atoms with Gasteiger partial charge in [0.05, 0.1) is 11.6 Å². The molecular formula is C14H15N5O. The van der Waals surface area contributed by atoms with Crippen LogP contribution in [0.2, 0.25) is 0 Å². The van der Waals surface area contributed by atoms with Crippen LogP contribution in [0, 0.1) is 11.3 Å². The highest BCUT2D eigenvalue weighted by Crippen LogP contribution is 2.07. The van der Waals surface area contributed by atoms with E-state index in [1.165, 1.54) is 4.68 Å². The van der Waals surface area contributed by atoms with Crippen LogP contribution >= 0.6 is 0 Å². The largest absolute Gasteiger partial charge is 0.382 e. The lowest BCUT2D eigenvalue weighted by Crippen LogP contribution is -2.29. The number of nitrogens with zero attached hydrogens (tertiary/aromatic N) is 4. The van der Waals surface area contributed by atoms with Gasteiger partial charge in [0.2, 0.25) is 5.91 Å². The van der Waals surface area contributed by atoms with Crippen molar-refractivity contribution < 1.29 is 4.79 Å². The second kappa shape index (κ2) is 5.89. The van der Waals surface area contributed by atoms with Crippen LogP contribution in [-0.2, 0) is 17.9 Å². The Morgan fingerprint density at radius 1 is 1.40 bits per heavy atom. The first kappa shape index (κ1) is 13.6. The van der Waals surface area contributed by atoms with Gasteiger partial charge in [0.25, 0.3) is 0 Å². The molecule has 6 heteroatoms. The molecule has 0 atom stereocenters. The summed E-state index contributed by atoms with van der Waals surface area (Å²) >= 11 is 0. The first-order valence-corrected chi connectivity index (χ1v) is 6.10. The molecule has 102 valence electrons. The number of rotatable bonds is 4. The Morgan fingerprint density at radius 2 is 2.10 bits per heavy atom. The van der Waals surface area contributed by atoms with E-state index in [1.54, 1.807) is 36.3 Å². The van der Waals surface area contributed by atoms with E-state index in [-0.39, 0.29) is 12.5 Å². The van der Waals surface area contributed by atoms with Crippen LogP contribution in [0.1, 0.15) is 11.1 Å². The Labute approximate surface area is 117 Å². The third-order valence-electron chi connectivity index (χ3n) is 2.89. The van der Waals surface area contributed by atoms with Gasteiger partial charge in [-0.3, -0.25) is 9.48 Å². The number of aromatic nitrogens is 2. The van der Waals surface area contributed by atoms with Crippen molar-refractivity contribution in [2.24, 2.45) is 0 Å². The van der Waals surface area contributed by atoms with E-state index < -0.39 is 0 Å². The Morgan fingerprint density at radius 3 is 2.65 bits per heavy atom. The second-order valence-corrected chi connectivity index (χ2v) is 4.50. The zero-order chi connectivity index (χ0) is 14.5. The van der Waals surface area contributed by atoms with Crippen LogP contribution in [-0.4, -0.2) is 27.6 Å². The number of hydrogen-bond acceptors (Lipinski definition) is 4. The third kappa shape index (κ3) is 3.36. The zero-order valence-corrected chi connectivity index (χ0v) is 11.2. The summed E-state index contributed by atoms with van der Waals surface area (Å²) in [5.74, 6) is 0.338. The number of nitrogens with two attached hydrogens (primary N) is 1. The molecule has 0 fully saturated rings. The zero-order valence-electron chi connectivity index (χ0n) is 11.2. The summed E-state index contributed by atoms with van der Waals surface area (Å²) in [6, 6.07) is 10.9. The fraction of sp³-hybridized carbons (Fsp3) is 0.214. The maximum absolute atomic E-state index is 12.0. The molecule has 2 rings (SSSR count). The maximum Gasteiger partial charge on any atom is 0.244 e. The molecule has 20 heavy (non-hydrogen) atoms. The molecule has 0 radical (unpaired) electrons. The minimum absolute atomic E-state index is 0.0579. The molecule has 1 aromatic carbocycles. The molecule has 0 saturated carbocycles. The van der Waals surface area contributed by atoms with Gasteiger partial charge in [-0.25, -0.2) is 0 Å². The summed E-state index contributed by atoms with van der Waals surface area (Å²) in [7, 11) is 1.73. The highest BCUT2D eigenvalue weighted by Gasteiger charge is 2.10. The number of nitrogen functional groups attached to an aromatic ring is 1. The molecular weight excluding hydrogens is 254 g/mol. The van der Waals surface area contributed by atoms with Gasteiger partial charge < -0.3 is 10.6 Å². The monoisotopic (exact) mass is 269 g/mol. The number of amides is 1. The number of carbonyl (C=O) groups is 1. The average Bonchev–Trinajstić information content (AvgIpc) is 2.85. The van der Waals surface area contributed by atoms with Gasteiger partial charge in [-0.15, -0.1) is 0 Å². The highest BCUT2D eigenvalue weighted by molar-refractivity contribution is 5.75. The first-order valence-electron chi connectivity index (χ1n) is 6.10. The molecule has 0 aliphatic rings. The summed E-state index contributed by atoms with van der Waals surface area (Å²) in [6.45, 7) is 0.644. The lowest BCUT2D eigenvalue weighted by atomic mass is 10.1. The summed E-state index contributed by atoms with van der Waals surface area (Å²) in [6.07, 6.45) is 1.67. The molecule has 0 spiro atoms. The molecule has 1 aromatic heterocycles. The SMILES string of the molecule is CN(Cc1ccc(C#N)cc1)C(=O)Cn1ccc(N)n1. The number of hydrogen-bond donors (Lipinski definition) is 1. The normalized spacial score (nSPS) is 10.0. The Bertz CT molecular complexity index is 638. The second-order valence-electron chi connectivity index (χ2n) is 4.50. The minimum Gasteiger partial charge on any atom is -0.382 e. The molecule has 1 amide bonds. The van der Waals surface area contributed by atoms with E-state index in [1.807, 2.05) is 12.1 Å². The maximum atomic E-state index is 12.0. The van der Waals surface area contributed by atoms with Gasteiger partial charge in [-0.1, -0.05) is 12.1 Å². The standard InChI is InChI=1S/C14H15N5O/c1-18(9-12-4-2-11(8-15)3-5-12)14(20)10-19-7-6-13(16)17-19/h2-7H,9-10H2,1H3,(H2,16,17). The molecule has 0 bridgehead atoms. The topological polar surface area (TPSA) is 87.9 Å². The van der Waals surface area contributed by atoms with E-state index in [0.29, 0.717) is 17.9 Å². The van der Waals surface area contributed by atoms with E-state index in [0.717, 1.165) is 5.56 Å². The van der Waals surface area contributed by atoms with Crippen molar-refractivity contribution in [1.29, 1.82) is 5.26 Å². The Kier molecular flexibility index (Phi) is 4.01. The van der Waals surface area contributed by atoms with Gasteiger partial charge in [-0.05, 0) is 23.8 Å². The number of likely N-dealkylation sites (N-methyl/N-ethyl adjacent to an activating group) is 1. The Hall–Kier alpha value is -2.81. The van der Waals surface area contributed by atoms with Crippen molar-refractivity contribution in [2.45, 2.75) is 13.1 Å². The molecule has 0 unspecified atom stereocenters. The molecule has 6 nitrogen and oxygen atoms in total. The van der Waals surface area contributed by atoms with Crippen LogP contribution in [0.4, 0.5) is 5.82 Å². The van der Waals surface area contributed by atoms with Crippen molar-refractivity contribution in [3.8, 4) is 6.07 Å². The smallest absolute Gasteiger partial charge is 0.244 e. The van der Waals surface area contributed by atoms with Crippen LogP contribution in [0.15, 0.2) is 36.5 Å². The van der Waals surface area contributed by atoms with Gasteiger partial charge in [-0.2, -0.15) is 10.4 Å². The van der Waals surface area contributed by atoms with Gasteiger partial charge in [0, 0.05) is 19.8 Å². The molecule has 2 aromatic rings. The van der Waals surface area contributed by atoms with Crippen molar-refractivity contribution in [2.75, 3.05) is 12.8 Å². The van der Waals surface area contributed by atoms with Crippen molar-refractivity contribution in [3.05, 3.63) is 47.7 Å². The molecule has 0 aliphatic heterocycles. The average molecular weight is 269 g/mol. The summed E-state index contributed by atoms with van der Waals surface area (Å²) in [4.78, 5) is 13.6. The fourth-order valence-electron chi connectivity index (χ4n) is 1.77. The number of carbonyl (C=O) groups excluding carboxylic acids is 1. The van der Waals surface area contributed by atoms with Crippen LogP contribution in [0.25, 0.3) is 0 Å².